The maximum atomic E-state index is 12.2. The number of hydrogen-bond acceptors (Lipinski definition) is 3. The fourth-order valence-corrected chi connectivity index (χ4v) is 2.33. The van der Waals surface area contributed by atoms with Gasteiger partial charge in [0.05, 0.1) is 6.54 Å². The van der Waals surface area contributed by atoms with Crippen molar-refractivity contribution in [2.45, 2.75) is 40.2 Å². The summed E-state index contributed by atoms with van der Waals surface area (Å²) in [4.78, 5) is 16.3. The molecule has 1 fully saturated rings. The molecule has 116 valence electrons. The third kappa shape index (κ3) is 5.86. The Morgan fingerprint density at radius 2 is 1.84 bits per heavy atom. The molecular weight excluding hydrogens is 285 g/mol. The fourth-order valence-electron chi connectivity index (χ4n) is 2.33. The standard InChI is InChI=1S/C13H27N3O.2ClH/c1-5-15(6-2)9-12(17)16-8-7-11(14)13(3,4)10-16;;/h11H,5-10,14H2,1-4H3;2*1H. The Labute approximate surface area is 129 Å². The van der Waals surface area contributed by atoms with E-state index in [9.17, 15) is 4.79 Å². The molecule has 0 bridgehead atoms. The Bertz CT molecular complexity index is 271. The minimum Gasteiger partial charge on any atom is -0.341 e. The van der Waals surface area contributed by atoms with Gasteiger partial charge in [0.2, 0.25) is 5.91 Å². The van der Waals surface area contributed by atoms with Crippen LogP contribution in [0.25, 0.3) is 0 Å². The summed E-state index contributed by atoms with van der Waals surface area (Å²) in [5.74, 6) is 0.244. The van der Waals surface area contributed by atoms with Crippen molar-refractivity contribution >= 4 is 30.7 Å². The molecule has 0 radical (unpaired) electrons. The minimum absolute atomic E-state index is 0. The number of nitrogens with zero attached hydrogens (tertiary/aromatic N) is 2. The van der Waals surface area contributed by atoms with Crippen LogP contribution >= 0.6 is 24.8 Å². The van der Waals surface area contributed by atoms with Crippen LogP contribution < -0.4 is 5.73 Å². The maximum Gasteiger partial charge on any atom is 0.236 e. The number of piperidine rings is 1. The minimum atomic E-state index is 0. The van der Waals surface area contributed by atoms with Crippen molar-refractivity contribution in [3.8, 4) is 0 Å². The lowest BCUT2D eigenvalue weighted by molar-refractivity contribution is -0.135. The molecule has 0 spiro atoms. The summed E-state index contributed by atoms with van der Waals surface area (Å²) in [6.07, 6.45) is 0.914. The van der Waals surface area contributed by atoms with Crippen molar-refractivity contribution in [2.24, 2.45) is 11.1 Å². The molecule has 19 heavy (non-hydrogen) atoms. The van der Waals surface area contributed by atoms with E-state index in [2.05, 4.69) is 32.6 Å². The second-order valence-electron chi connectivity index (χ2n) is 5.66. The molecule has 0 aliphatic carbocycles. The lowest BCUT2D eigenvalue weighted by atomic mass is 9.79. The molecule has 2 N–H and O–H groups in total. The van der Waals surface area contributed by atoms with Crippen molar-refractivity contribution in [2.75, 3.05) is 32.7 Å². The van der Waals surface area contributed by atoms with Gasteiger partial charge in [-0.15, -0.1) is 24.8 Å². The van der Waals surface area contributed by atoms with Gasteiger partial charge in [0.1, 0.15) is 0 Å². The molecule has 4 nitrogen and oxygen atoms in total. The first-order valence-corrected chi connectivity index (χ1v) is 6.66. The summed E-state index contributed by atoms with van der Waals surface area (Å²) in [6.45, 7) is 12.5. The average Bonchev–Trinajstić information content (AvgIpc) is 2.29. The topological polar surface area (TPSA) is 49.6 Å². The molecule has 1 rings (SSSR count). The molecule has 0 aromatic rings. The number of likely N-dealkylation sites (tertiary alicyclic amines) is 1. The van der Waals surface area contributed by atoms with E-state index in [1.165, 1.54) is 0 Å². The molecule has 0 aromatic carbocycles. The molecule has 1 aliphatic rings. The molecule has 1 amide bonds. The van der Waals surface area contributed by atoms with Gasteiger partial charge in [-0.25, -0.2) is 0 Å². The van der Waals surface area contributed by atoms with Crippen molar-refractivity contribution in [3.05, 3.63) is 0 Å². The smallest absolute Gasteiger partial charge is 0.236 e. The molecule has 1 heterocycles. The van der Waals surface area contributed by atoms with Gasteiger partial charge in [-0.05, 0) is 24.9 Å². The number of carbonyl (C=O) groups excluding carboxylic acids is 1. The van der Waals surface area contributed by atoms with Crippen LogP contribution in [0.2, 0.25) is 0 Å². The maximum absolute atomic E-state index is 12.2. The zero-order valence-corrected chi connectivity index (χ0v) is 14.1. The van der Waals surface area contributed by atoms with Crippen LogP contribution in [-0.4, -0.2) is 54.5 Å². The number of hydrogen-bond donors (Lipinski definition) is 1. The molecular formula is C13H29Cl2N3O. The largest absolute Gasteiger partial charge is 0.341 e. The number of rotatable bonds is 4. The van der Waals surface area contributed by atoms with Gasteiger partial charge in [-0.2, -0.15) is 0 Å². The van der Waals surface area contributed by atoms with Crippen molar-refractivity contribution in [1.82, 2.24) is 9.80 Å². The van der Waals surface area contributed by atoms with Crippen molar-refractivity contribution < 1.29 is 4.79 Å². The van der Waals surface area contributed by atoms with Gasteiger partial charge in [-0.1, -0.05) is 27.7 Å². The number of likely N-dealkylation sites (N-methyl/N-ethyl adjacent to an activating group) is 1. The first kappa shape index (κ1) is 21.3. The predicted molar refractivity (Wildman–Crippen MR) is 85.2 cm³/mol. The van der Waals surface area contributed by atoms with Gasteiger partial charge in [0, 0.05) is 19.1 Å². The van der Waals surface area contributed by atoms with E-state index in [1.807, 2.05) is 4.90 Å². The Morgan fingerprint density at radius 1 is 1.32 bits per heavy atom. The van der Waals surface area contributed by atoms with Crippen LogP contribution in [0.4, 0.5) is 0 Å². The van der Waals surface area contributed by atoms with Gasteiger partial charge in [0.25, 0.3) is 0 Å². The fraction of sp³-hybridized carbons (Fsp3) is 0.923. The number of amides is 1. The highest BCUT2D eigenvalue weighted by molar-refractivity contribution is 5.85. The molecule has 1 atom stereocenters. The number of halogens is 2. The van der Waals surface area contributed by atoms with Crippen LogP contribution in [0.5, 0.6) is 0 Å². The summed E-state index contributed by atoms with van der Waals surface area (Å²) < 4.78 is 0. The zero-order valence-electron chi connectivity index (χ0n) is 12.5. The Hall–Kier alpha value is -0.0300. The van der Waals surface area contributed by atoms with Crippen LogP contribution in [-0.2, 0) is 4.79 Å². The van der Waals surface area contributed by atoms with Gasteiger partial charge in [-0.3, -0.25) is 9.69 Å². The highest BCUT2D eigenvalue weighted by Gasteiger charge is 2.35. The van der Waals surface area contributed by atoms with Crippen molar-refractivity contribution in [1.29, 1.82) is 0 Å². The van der Waals surface area contributed by atoms with E-state index < -0.39 is 0 Å². The van der Waals surface area contributed by atoms with E-state index >= 15 is 0 Å². The predicted octanol–water partition coefficient (Wildman–Crippen LogP) is 1.76. The molecule has 1 aliphatic heterocycles. The molecule has 6 heteroatoms. The molecule has 0 aromatic heterocycles. The Kier molecular flexibility index (Phi) is 10.1. The molecule has 0 saturated carbocycles. The summed E-state index contributed by atoms with van der Waals surface area (Å²) >= 11 is 0. The normalized spacial score (nSPS) is 21.6. The van der Waals surface area contributed by atoms with Crippen LogP contribution in [0.15, 0.2) is 0 Å². The van der Waals surface area contributed by atoms with E-state index in [-0.39, 0.29) is 42.2 Å². The monoisotopic (exact) mass is 313 g/mol. The zero-order chi connectivity index (χ0) is 13.1. The van der Waals surface area contributed by atoms with Crippen LogP contribution in [0.3, 0.4) is 0 Å². The Morgan fingerprint density at radius 3 is 2.26 bits per heavy atom. The first-order valence-electron chi connectivity index (χ1n) is 6.66. The van der Waals surface area contributed by atoms with E-state index in [0.29, 0.717) is 6.54 Å². The van der Waals surface area contributed by atoms with Gasteiger partial charge >= 0.3 is 0 Å². The lowest BCUT2D eigenvalue weighted by Gasteiger charge is -2.43. The lowest BCUT2D eigenvalue weighted by Crippen LogP contribution is -2.55. The SMILES string of the molecule is CCN(CC)CC(=O)N1CCC(N)C(C)(C)C1.Cl.Cl. The third-order valence-corrected chi connectivity index (χ3v) is 3.92. The third-order valence-electron chi connectivity index (χ3n) is 3.92. The van der Waals surface area contributed by atoms with Gasteiger partial charge < -0.3 is 10.6 Å². The highest BCUT2D eigenvalue weighted by atomic mass is 35.5. The van der Waals surface area contributed by atoms with E-state index in [0.717, 1.165) is 32.6 Å². The molecule has 1 saturated heterocycles. The second kappa shape index (κ2) is 9.01. The summed E-state index contributed by atoms with van der Waals surface area (Å²) in [6, 6.07) is 0.208. The summed E-state index contributed by atoms with van der Waals surface area (Å²) in [5.41, 5.74) is 6.12. The van der Waals surface area contributed by atoms with Gasteiger partial charge in [0.15, 0.2) is 0 Å². The van der Waals surface area contributed by atoms with Crippen LogP contribution in [0, 0.1) is 5.41 Å². The summed E-state index contributed by atoms with van der Waals surface area (Å²) in [7, 11) is 0. The molecule has 1 unspecified atom stereocenters. The van der Waals surface area contributed by atoms with Crippen molar-refractivity contribution in [3.63, 3.8) is 0 Å². The highest BCUT2D eigenvalue weighted by Crippen LogP contribution is 2.27. The van der Waals surface area contributed by atoms with Crippen LogP contribution in [0.1, 0.15) is 34.1 Å². The summed E-state index contributed by atoms with van der Waals surface area (Å²) in [5, 5.41) is 0. The van der Waals surface area contributed by atoms with E-state index in [4.69, 9.17) is 5.73 Å². The first-order chi connectivity index (χ1) is 7.90. The number of nitrogens with two attached hydrogens (primary N) is 1. The van der Waals surface area contributed by atoms with E-state index in [1.54, 1.807) is 0 Å². The average molecular weight is 314 g/mol. The second-order valence-corrected chi connectivity index (χ2v) is 5.66. The Balaban J connectivity index is 0. The number of carbonyl (C=O) groups is 1. The quantitative estimate of drug-likeness (QED) is 0.860.